The predicted octanol–water partition coefficient (Wildman–Crippen LogP) is 2.65. The number of amides is 1. The smallest absolute Gasteiger partial charge is 0.219 e. The largest absolute Gasteiger partial charge is 0.379 e. The van der Waals surface area contributed by atoms with Crippen LogP contribution in [0.2, 0.25) is 0 Å². The molecule has 0 N–H and O–H groups in total. The highest BCUT2D eigenvalue weighted by Crippen LogP contribution is 2.53. The maximum atomic E-state index is 11.7. The lowest BCUT2D eigenvalue weighted by Gasteiger charge is -2.41. The fourth-order valence-electron chi connectivity index (χ4n) is 4.95. The Bertz CT molecular complexity index is 629. The minimum absolute atomic E-state index is 0.219. The Labute approximate surface area is 144 Å². The maximum absolute atomic E-state index is 11.7. The first-order chi connectivity index (χ1) is 11.6. The number of morpholine rings is 1. The van der Waals surface area contributed by atoms with Crippen LogP contribution in [-0.2, 0) is 14.9 Å². The van der Waals surface area contributed by atoms with Gasteiger partial charge in [0.1, 0.15) is 0 Å². The van der Waals surface area contributed by atoms with Gasteiger partial charge in [0.25, 0.3) is 0 Å². The van der Waals surface area contributed by atoms with E-state index in [1.807, 2.05) is 4.90 Å². The van der Waals surface area contributed by atoms with Gasteiger partial charge in [-0.1, -0.05) is 23.8 Å². The van der Waals surface area contributed by atoms with Crippen molar-refractivity contribution in [3.63, 3.8) is 0 Å². The van der Waals surface area contributed by atoms with Crippen molar-refractivity contribution in [2.45, 2.75) is 44.6 Å². The SMILES string of the molecule is CC(=O)N1CCC2(CC1)C[C@@H](N1CCOCC1)c1ccc(C)cc12. The van der Waals surface area contributed by atoms with Crippen LogP contribution in [0.1, 0.15) is 48.9 Å². The van der Waals surface area contributed by atoms with Crippen molar-refractivity contribution >= 4 is 5.91 Å². The molecule has 1 aromatic rings. The summed E-state index contributed by atoms with van der Waals surface area (Å²) in [6, 6.07) is 7.56. The molecule has 130 valence electrons. The second-order valence-electron chi connectivity index (χ2n) is 7.75. The predicted molar refractivity (Wildman–Crippen MR) is 94.1 cm³/mol. The van der Waals surface area contributed by atoms with Crippen molar-refractivity contribution in [3.05, 3.63) is 34.9 Å². The Balaban J connectivity index is 1.65. The topological polar surface area (TPSA) is 32.8 Å². The number of rotatable bonds is 1. The molecule has 3 aliphatic rings. The van der Waals surface area contributed by atoms with Crippen LogP contribution < -0.4 is 0 Å². The molecule has 0 saturated carbocycles. The lowest BCUT2D eigenvalue weighted by Crippen LogP contribution is -2.44. The van der Waals surface area contributed by atoms with E-state index >= 15 is 0 Å². The molecular weight excluding hydrogens is 300 g/mol. The van der Waals surface area contributed by atoms with E-state index in [9.17, 15) is 4.79 Å². The lowest BCUT2D eigenvalue weighted by molar-refractivity contribution is -0.130. The average molecular weight is 328 g/mol. The Morgan fingerprint density at radius 2 is 1.88 bits per heavy atom. The van der Waals surface area contributed by atoms with Crippen molar-refractivity contribution in [1.82, 2.24) is 9.80 Å². The monoisotopic (exact) mass is 328 g/mol. The van der Waals surface area contributed by atoms with Gasteiger partial charge < -0.3 is 9.64 Å². The highest BCUT2D eigenvalue weighted by atomic mass is 16.5. The quantitative estimate of drug-likeness (QED) is 0.794. The highest BCUT2D eigenvalue weighted by molar-refractivity contribution is 5.73. The Morgan fingerprint density at radius 1 is 1.17 bits per heavy atom. The summed E-state index contributed by atoms with van der Waals surface area (Å²) < 4.78 is 5.56. The number of piperidine rings is 1. The molecule has 0 radical (unpaired) electrons. The molecule has 1 spiro atoms. The zero-order chi connectivity index (χ0) is 16.7. The molecule has 2 aliphatic heterocycles. The molecule has 24 heavy (non-hydrogen) atoms. The summed E-state index contributed by atoms with van der Waals surface area (Å²) in [6.45, 7) is 9.46. The number of aryl methyl sites for hydroxylation is 1. The van der Waals surface area contributed by atoms with E-state index in [0.717, 1.165) is 52.2 Å². The average Bonchev–Trinajstić information content (AvgIpc) is 2.90. The van der Waals surface area contributed by atoms with E-state index in [0.29, 0.717) is 6.04 Å². The van der Waals surface area contributed by atoms with E-state index < -0.39 is 0 Å². The molecule has 1 aliphatic carbocycles. The van der Waals surface area contributed by atoms with Gasteiger partial charge in [-0.2, -0.15) is 0 Å². The van der Waals surface area contributed by atoms with Gasteiger partial charge in [-0.25, -0.2) is 0 Å². The summed E-state index contributed by atoms with van der Waals surface area (Å²) in [5.41, 5.74) is 4.70. The lowest BCUT2D eigenvalue weighted by atomic mass is 9.73. The molecule has 0 bridgehead atoms. The highest BCUT2D eigenvalue weighted by Gasteiger charge is 2.47. The van der Waals surface area contributed by atoms with Gasteiger partial charge in [-0.05, 0) is 37.3 Å². The molecule has 0 unspecified atom stereocenters. The number of nitrogens with zero attached hydrogens (tertiary/aromatic N) is 2. The van der Waals surface area contributed by atoms with Crippen molar-refractivity contribution in [2.24, 2.45) is 0 Å². The summed E-state index contributed by atoms with van der Waals surface area (Å²) in [4.78, 5) is 16.3. The first-order valence-electron chi connectivity index (χ1n) is 9.27. The minimum Gasteiger partial charge on any atom is -0.379 e. The second-order valence-corrected chi connectivity index (χ2v) is 7.75. The third kappa shape index (κ3) is 2.66. The molecule has 2 saturated heterocycles. The van der Waals surface area contributed by atoms with Crippen molar-refractivity contribution < 1.29 is 9.53 Å². The molecule has 4 rings (SSSR count). The van der Waals surface area contributed by atoms with Gasteiger partial charge >= 0.3 is 0 Å². The molecular formula is C20H28N2O2. The van der Waals surface area contributed by atoms with Crippen molar-refractivity contribution in [3.8, 4) is 0 Å². The van der Waals surface area contributed by atoms with E-state index in [1.165, 1.54) is 17.5 Å². The van der Waals surface area contributed by atoms with E-state index in [4.69, 9.17) is 4.74 Å². The van der Waals surface area contributed by atoms with Crippen molar-refractivity contribution in [1.29, 1.82) is 0 Å². The summed E-state index contributed by atoms with van der Waals surface area (Å²) in [5, 5.41) is 0. The summed E-state index contributed by atoms with van der Waals surface area (Å²) in [7, 11) is 0. The van der Waals surface area contributed by atoms with Crippen LogP contribution in [0.3, 0.4) is 0 Å². The number of carbonyl (C=O) groups excluding carboxylic acids is 1. The Morgan fingerprint density at radius 3 is 2.54 bits per heavy atom. The maximum Gasteiger partial charge on any atom is 0.219 e. The van der Waals surface area contributed by atoms with E-state index in [1.54, 1.807) is 12.5 Å². The number of hydrogen-bond acceptors (Lipinski definition) is 3. The van der Waals surface area contributed by atoms with Crippen LogP contribution >= 0.6 is 0 Å². The molecule has 0 aromatic heterocycles. The number of ether oxygens (including phenoxy) is 1. The van der Waals surface area contributed by atoms with Crippen LogP contribution in [0, 0.1) is 6.92 Å². The standard InChI is InChI=1S/C20H28N2O2/c1-15-3-4-17-18(13-15)20(5-7-21(8-6-20)16(2)23)14-19(17)22-9-11-24-12-10-22/h3-4,13,19H,5-12,14H2,1-2H3/t19-/m1/s1. The van der Waals surface area contributed by atoms with Gasteiger partial charge in [0.05, 0.1) is 13.2 Å². The molecule has 4 heteroatoms. The number of likely N-dealkylation sites (tertiary alicyclic amines) is 1. The van der Waals surface area contributed by atoms with Crippen LogP contribution in [0.4, 0.5) is 0 Å². The summed E-state index contributed by atoms with van der Waals surface area (Å²) >= 11 is 0. The zero-order valence-corrected chi connectivity index (χ0v) is 14.9. The van der Waals surface area contributed by atoms with Crippen molar-refractivity contribution in [2.75, 3.05) is 39.4 Å². The zero-order valence-electron chi connectivity index (χ0n) is 14.9. The van der Waals surface area contributed by atoms with Gasteiger partial charge in [0.15, 0.2) is 0 Å². The van der Waals surface area contributed by atoms with E-state index in [2.05, 4.69) is 30.0 Å². The molecule has 1 atom stereocenters. The molecule has 2 heterocycles. The van der Waals surface area contributed by atoms with Crippen LogP contribution in [-0.4, -0.2) is 55.1 Å². The third-order valence-electron chi connectivity index (χ3n) is 6.38. The molecule has 2 fully saturated rings. The van der Waals surface area contributed by atoms with Gasteiger partial charge in [-0.3, -0.25) is 9.69 Å². The Hall–Kier alpha value is -1.39. The number of carbonyl (C=O) groups is 1. The first kappa shape index (κ1) is 16.1. The number of fused-ring (bicyclic) bond motifs is 2. The molecule has 4 nitrogen and oxygen atoms in total. The van der Waals surface area contributed by atoms with E-state index in [-0.39, 0.29) is 11.3 Å². The van der Waals surface area contributed by atoms with Gasteiger partial charge in [-0.15, -0.1) is 0 Å². The fraction of sp³-hybridized carbons (Fsp3) is 0.650. The minimum atomic E-state index is 0.219. The first-order valence-corrected chi connectivity index (χ1v) is 9.27. The molecule has 1 amide bonds. The van der Waals surface area contributed by atoms with Crippen LogP contribution in [0.25, 0.3) is 0 Å². The second kappa shape index (κ2) is 6.16. The number of hydrogen-bond donors (Lipinski definition) is 0. The van der Waals surface area contributed by atoms with Crippen LogP contribution in [0.15, 0.2) is 18.2 Å². The number of benzene rings is 1. The normalized spacial score (nSPS) is 26.6. The summed E-state index contributed by atoms with van der Waals surface area (Å²) in [5.74, 6) is 0.219. The fourth-order valence-corrected chi connectivity index (χ4v) is 4.95. The van der Waals surface area contributed by atoms with Gasteiger partial charge in [0, 0.05) is 44.6 Å². The molecule has 1 aromatic carbocycles. The summed E-state index contributed by atoms with van der Waals surface area (Å²) in [6.07, 6.45) is 3.41. The third-order valence-corrected chi connectivity index (χ3v) is 6.38. The Kier molecular flexibility index (Phi) is 4.13. The van der Waals surface area contributed by atoms with Gasteiger partial charge in [0.2, 0.25) is 5.91 Å². The van der Waals surface area contributed by atoms with Crippen LogP contribution in [0.5, 0.6) is 0 Å².